The largest absolute Gasteiger partial charge is 0.495 e. The average Bonchev–Trinajstić information content (AvgIpc) is 2.38. The lowest BCUT2D eigenvalue weighted by molar-refractivity contribution is -0.135. The number of anilines is 1. The van der Waals surface area contributed by atoms with Gasteiger partial charge in [-0.3, -0.25) is 9.59 Å². The van der Waals surface area contributed by atoms with Crippen LogP contribution in [-0.2, 0) is 9.59 Å². The zero-order valence-corrected chi connectivity index (χ0v) is 10.9. The van der Waals surface area contributed by atoms with Crippen LogP contribution in [-0.4, -0.2) is 33.1 Å². The summed E-state index contributed by atoms with van der Waals surface area (Å²) >= 11 is 5.91. The standard InChI is InChI=1S/C11H13ClN2O4/c1-13-10(15)11(16)14-7-5-8(17-2)6(12)4-9(7)18-3/h4-5H,1-3H3,(H,13,15)(H,14,16). The van der Waals surface area contributed by atoms with Gasteiger partial charge in [-0.2, -0.15) is 0 Å². The predicted molar refractivity (Wildman–Crippen MR) is 67.3 cm³/mol. The second-order valence-electron chi connectivity index (χ2n) is 3.22. The van der Waals surface area contributed by atoms with Crippen molar-refractivity contribution in [3.63, 3.8) is 0 Å². The molecular formula is C11H13ClN2O4. The SMILES string of the molecule is CNC(=O)C(=O)Nc1cc(OC)c(Cl)cc1OC. The number of amides is 2. The molecule has 0 aromatic heterocycles. The topological polar surface area (TPSA) is 76.7 Å². The molecular weight excluding hydrogens is 260 g/mol. The highest BCUT2D eigenvalue weighted by atomic mass is 35.5. The van der Waals surface area contributed by atoms with Gasteiger partial charge < -0.3 is 20.1 Å². The fourth-order valence-corrected chi connectivity index (χ4v) is 1.48. The molecule has 1 aromatic carbocycles. The number of carbonyl (C=O) groups excluding carboxylic acids is 2. The molecule has 0 saturated heterocycles. The number of halogens is 1. The van der Waals surface area contributed by atoms with Crippen LogP contribution in [0.4, 0.5) is 5.69 Å². The average molecular weight is 273 g/mol. The molecule has 0 unspecified atom stereocenters. The van der Waals surface area contributed by atoms with E-state index in [9.17, 15) is 9.59 Å². The quantitative estimate of drug-likeness (QED) is 0.806. The molecule has 0 atom stereocenters. The molecule has 0 saturated carbocycles. The number of rotatable bonds is 3. The first-order valence-electron chi connectivity index (χ1n) is 4.98. The monoisotopic (exact) mass is 272 g/mol. The third-order valence-electron chi connectivity index (χ3n) is 2.16. The van der Waals surface area contributed by atoms with E-state index in [1.807, 2.05) is 0 Å². The van der Waals surface area contributed by atoms with Crippen molar-refractivity contribution < 1.29 is 19.1 Å². The molecule has 0 spiro atoms. The molecule has 2 amide bonds. The van der Waals surface area contributed by atoms with Crippen molar-refractivity contribution in [3.05, 3.63) is 17.2 Å². The zero-order chi connectivity index (χ0) is 13.7. The summed E-state index contributed by atoms with van der Waals surface area (Å²) in [4.78, 5) is 22.6. The molecule has 0 aliphatic rings. The van der Waals surface area contributed by atoms with E-state index in [2.05, 4.69) is 10.6 Å². The van der Waals surface area contributed by atoms with Gasteiger partial charge in [-0.05, 0) is 0 Å². The van der Waals surface area contributed by atoms with E-state index >= 15 is 0 Å². The van der Waals surface area contributed by atoms with Crippen LogP contribution in [0, 0.1) is 0 Å². The first-order chi connectivity index (χ1) is 8.53. The molecule has 7 heteroatoms. The number of hydrogen-bond acceptors (Lipinski definition) is 4. The van der Waals surface area contributed by atoms with E-state index in [0.29, 0.717) is 22.2 Å². The Morgan fingerprint density at radius 2 is 1.72 bits per heavy atom. The van der Waals surface area contributed by atoms with E-state index in [0.717, 1.165) is 0 Å². The van der Waals surface area contributed by atoms with E-state index in [4.69, 9.17) is 21.1 Å². The molecule has 6 nitrogen and oxygen atoms in total. The van der Waals surface area contributed by atoms with Crippen LogP contribution in [0.5, 0.6) is 11.5 Å². The Morgan fingerprint density at radius 1 is 1.11 bits per heavy atom. The van der Waals surface area contributed by atoms with Crippen LogP contribution < -0.4 is 20.1 Å². The highest BCUT2D eigenvalue weighted by molar-refractivity contribution is 6.39. The zero-order valence-electron chi connectivity index (χ0n) is 10.2. The van der Waals surface area contributed by atoms with Gasteiger partial charge in [-0.15, -0.1) is 0 Å². The molecule has 2 N–H and O–H groups in total. The van der Waals surface area contributed by atoms with Crippen molar-refractivity contribution in [2.24, 2.45) is 0 Å². The summed E-state index contributed by atoms with van der Waals surface area (Å²) in [6, 6.07) is 2.96. The lowest BCUT2D eigenvalue weighted by Gasteiger charge is -2.12. The number of benzene rings is 1. The molecule has 0 bridgehead atoms. The molecule has 1 aromatic rings. The minimum Gasteiger partial charge on any atom is -0.495 e. The van der Waals surface area contributed by atoms with Gasteiger partial charge in [-0.1, -0.05) is 11.6 Å². The maximum absolute atomic E-state index is 11.4. The number of hydrogen-bond donors (Lipinski definition) is 2. The summed E-state index contributed by atoms with van der Waals surface area (Å²) in [5.41, 5.74) is 0.298. The van der Waals surface area contributed by atoms with Crippen LogP contribution >= 0.6 is 11.6 Å². The van der Waals surface area contributed by atoms with Crippen LogP contribution in [0.25, 0.3) is 0 Å². The van der Waals surface area contributed by atoms with Gasteiger partial charge >= 0.3 is 11.8 Å². The summed E-state index contributed by atoms with van der Waals surface area (Å²) in [7, 11) is 4.23. The summed E-state index contributed by atoms with van der Waals surface area (Å²) < 4.78 is 10.1. The summed E-state index contributed by atoms with van der Waals surface area (Å²) in [6.45, 7) is 0. The minimum atomic E-state index is -0.805. The molecule has 0 aliphatic carbocycles. The Balaban J connectivity index is 3.07. The number of carbonyl (C=O) groups is 2. The maximum Gasteiger partial charge on any atom is 0.313 e. The molecule has 0 radical (unpaired) electrons. The number of methoxy groups -OCH3 is 2. The van der Waals surface area contributed by atoms with Crippen LogP contribution in [0.2, 0.25) is 5.02 Å². The van der Waals surface area contributed by atoms with Crippen molar-refractivity contribution >= 4 is 29.1 Å². The van der Waals surface area contributed by atoms with Gasteiger partial charge in [-0.25, -0.2) is 0 Å². The molecule has 0 heterocycles. The first-order valence-corrected chi connectivity index (χ1v) is 5.35. The van der Waals surface area contributed by atoms with Gasteiger partial charge in [0.15, 0.2) is 0 Å². The van der Waals surface area contributed by atoms with E-state index in [1.165, 1.54) is 33.4 Å². The lowest BCUT2D eigenvalue weighted by atomic mass is 10.2. The van der Waals surface area contributed by atoms with Gasteiger partial charge in [0.1, 0.15) is 11.5 Å². The second-order valence-corrected chi connectivity index (χ2v) is 3.63. The predicted octanol–water partition coefficient (Wildman–Crippen LogP) is 1.04. The molecule has 1 rings (SSSR count). The van der Waals surface area contributed by atoms with E-state index < -0.39 is 11.8 Å². The smallest absolute Gasteiger partial charge is 0.313 e. The van der Waals surface area contributed by atoms with Crippen molar-refractivity contribution in [1.82, 2.24) is 5.32 Å². The van der Waals surface area contributed by atoms with Crippen LogP contribution in [0.3, 0.4) is 0 Å². The van der Waals surface area contributed by atoms with Crippen molar-refractivity contribution in [3.8, 4) is 11.5 Å². The van der Waals surface area contributed by atoms with Gasteiger partial charge in [0, 0.05) is 19.2 Å². The maximum atomic E-state index is 11.4. The Bertz CT molecular complexity index is 476. The Hall–Kier alpha value is -1.95. The normalized spacial score (nSPS) is 9.56. The van der Waals surface area contributed by atoms with Crippen molar-refractivity contribution in [1.29, 1.82) is 0 Å². The van der Waals surface area contributed by atoms with Gasteiger partial charge in [0.2, 0.25) is 0 Å². The fourth-order valence-electron chi connectivity index (χ4n) is 1.25. The van der Waals surface area contributed by atoms with Gasteiger partial charge in [0.05, 0.1) is 24.9 Å². The highest BCUT2D eigenvalue weighted by Gasteiger charge is 2.16. The van der Waals surface area contributed by atoms with Crippen molar-refractivity contribution in [2.45, 2.75) is 0 Å². The summed E-state index contributed by atoms with van der Waals surface area (Å²) in [5.74, 6) is -0.867. The fraction of sp³-hybridized carbons (Fsp3) is 0.273. The third-order valence-corrected chi connectivity index (χ3v) is 2.45. The lowest BCUT2D eigenvalue weighted by Crippen LogP contribution is -2.32. The van der Waals surface area contributed by atoms with E-state index in [1.54, 1.807) is 0 Å². The molecule has 98 valence electrons. The number of likely N-dealkylation sites (N-methyl/N-ethyl adjacent to an activating group) is 1. The molecule has 0 aliphatic heterocycles. The Morgan fingerprint density at radius 3 is 2.22 bits per heavy atom. The van der Waals surface area contributed by atoms with E-state index in [-0.39, 0.29) is 0 Å². The van der Waals surface area contributed by atoms with Gasteiger partial charge in [0.25, 0.3) is 0 Å². The molecule has 18 heavy (non-hydrogen) atoms. The highest BCUT2D eigenvalue weighted by Crippen LogP contribution is 2.35. The van der Waals surface area contributed by atoms with Crippen LogP contribution in [0.1, 0.15) is 0 Å². The third kappa shape index (κ3) is 3.04. The first kappa shape index (κ1) is 14.1. The molecule has 0 fully saturated rings. The summed E-state index contributed by atoms with van der Waals surface area (Å²) in [6.07, 6.45) is 0. The Labute approximate surface area is 109 Å². The number of nitrogens with one attached hydrogen (secondary N) is 2. The minimum absolute atomic E-state index is 0.298. The van der Waals surface area contributed by atoms with Crippen LogP contribution in [0.15, 0.2) is 12.1 Å². The van der Waals surface area contributed by atoms with Crippen molar-refractivity contribution in [2.75, 3.05) is 26.6 Å². The number of ether oxygens (including phenoxy) is 2. The Kier molecular flexibility index (Phi) is 4.79. The second kappa shape index (κ2) is 6.11. The summed E-state index contributed by atoms with van der Waals surface area (Å²) in [5, 5.41) is 4.95.